The van der Waals surface area contributed by atoms with Gasteiger partial charge in [0.25, 0.3) is 0 Å². The van der Waals surface area contributed by atoms with Gasteiger partial charge in [-0.05, 0) is 18.1 Å². The number of amides is 1. The Balaban J connectivity index is 2.62. The molecule has 0 aliphatic rings. The molecule has 0 fully saturated rings. The van der Waals surface area contributed by atoms with Gasteiger partial charge in [-0.1, -0.05) is 18.1 Å². The van der Waals surface area contributed by atoms with Crippen molar-refractivity contribution in [2.24, 2.45) is 10.9 Å². The predicted octanol–water partition coefficient (Wildman–Crippen LogP) is 1.54. The Bertz CT molecular complexity index is 506. The summed E-state index contributed by atoms with van der Waals surface area (Å²) >= 11 is 0. The number of benzene rings is 1. The fraction of sp³-hybridized carbons (Fsp3) is 0.385. The van der Waals surface area contributed by atoms with Crippen molar-refractivity contribution in [3.8, 4) is 0 Å². The topological polar surface area (TPSA) is 87.7 Å². The molecule has 7 heteroatoms. The van der Waals surface area contributed by atoms with Gasteiger partial charge in [0.2, 0.25) is 5.91 Å². The maximum Gasteiger partial charge on any atom is 0.224 e. The van der Waals surface area contributed by atoms with Crippen molar-refractivity contribution < 1.29 is 18.8 Å². The van der Waals surface area contributed by atoms with Crippen LogP contribution in [0.5, 0.6) is 0 Å². The Hall–Kier alpha value is -2.18. The van der Waals surface area contributed by atoms with Gasteiger partial charge < -0.3 is 16.3 Å². The molecular formula is C13H17F2N3O2. The first-order valence-corrected chi connectivity index (χ1v) is 6.16. The maximum absolute atomic E-state index is 13.4. The molecule has 1 amide bonds. The summed E-state index contributed by atoms with van der Waals surface area (Å²) in [6.07, 6.45) is 0.581. The van der Waals surface area contributed by atoms with E-state index < -0.39 is 17.5 Å². The van der Waals surface area contributed by atoms with Crippen LogP contribution in [0.2, 0.25) is 0 Å². The highest BCUT2D eigenvalue weighted by atomic mass is 19.1. The second-order valence-electron chi connectivity index (χ2n) is 4.38. The fourth-order valence-electron chi connectivity index (χ4n) is 1.71. The predicted molar refractivity (Wildman–Crippen MR) is 70.3 cm³/mol. The van der Waals surface area contributed by atoms with E-state index in [1.165, 1.54) is 6.07 Å². The van der Waals surface area contributed by atoms with E-state index in [9.17, 15) is 13.6 Å². The summed E-state index contributed by atoms with van der Waals surface area (Å²) in [7, 11) is 0. The number of hydrogen-bond donors (Lipinski definition) is 3. The number of hydrogen-bond acceptors (Lipinski definition) is 3. The number of rotatable bonds is 6. The van der Waals surface area contributed by atoms with Crippen LogP contribution < -0.4 is 11.1 Å². The van der Waals surface area contributed by atoms with Crippen molar-refractivity contribution in [3.63, 3.8) is 0 Å². The van der Waals surface area contributed by atoms with Crippen LogP contribution in [0.1, 0.15) is 25.3 Å². The molecule has 0 aromatic heterocycles. The van der Waals surface area contributed by atoms with Gasteiger partial charge in [-0.15, -0.1) is 0 Å². The first-order valence-electron chi connectivity index (χ1n) is 6.16. The van der Waals surface area contributed by atoms with Gasteiger partial charge in [-0.2, -0.15) is 0 Å². The molecule has 20 heavy (non-hydrogen) atoms. The highest BCUT2D eigenvalue weighted by Gasteiger charge is 2.14. The Kier molecular flexibility index (Phi) is 5.89. The third kappa shape index (κ3) is 4.83. The van der Waals surface area contributed by atoms with E-state index in [2.05, 4.69) is 10.5 Å². The van der Waals surface area contributed by atoms with Crippen LogP contribution in [0.25, 0.3) is 0 Å². The number of carbonyl (C=O) groups is 1. The summed E-state index contributed by atoms with van der Waals surface area (Å²) < 4.78 is 26.1. The van der Waals surface area contributed by atoms with Crippen molar-refractivity contribution in [3.05, 3.63) is 35.4 Å². The molecule has 0 saturated carbocycles. The van der Waals surface area contributed by atoms with E-state index in [1.54, 1.807) is 0 Å². The lowest BCUT2D eigenvalue weighted by molar-refractivity contribution is -0.121. The van der Waals surface area contributed by atoms with E-state index in [1.807, 2.05) is 6.92 Å². The van der Waals surface area contributed by atoms with Gasteiger partial charge >= 0.3 is 0 Å². The average Bonchev–Trinajstić information content (AvgIpc) is 2.41. The highest BCUT2D eigenvalue weighted by molar-refractivity contribution is 5.82. The van der Waals surface area contributed by atoms with E-state index in [0.29, 0.717) is 6.42 Å². The third-order valence-electron chi connectivity index (χ3n) is 2.81. The minimum absolute atomic E-state index is 0.00473. The molecule has 4 N–H and O–H groups in total. The van der Waals surface area contributed by atoms with Crippen LogP contribution >= 0.6 is 0 Å². The van der Waals surface area contributed by atoms with E-state index in [-0.39, 0.29) is 30.3 Å². The SMILES string of the molecule is CCC(C/C(N)=N/O)NC(=O)Cc1ccc(F)cc1F. The number of nitrogens with one attached hydrogen (secondary N) is 1. The van der Waals surface area contributed by atoms with Crippen molar-refractivity contribution in [2.45, 2.75) is 32.2 Å². The summed E-state index contributed by atoms with van der Waals surface area (Å²) in [6.45, 7) is 1.83. The van der Waals surface area contributed by atoms with Gasteiger partial charge in [0, 0.05) is 18.5 Å². The Morgan fingerprint density at radius 3 is 2.75 bits per heavy atom. The van der Waals surface area contributed by atoms with Crippen LogP contribution in [-0.2, 0) is 11.2 Å². The van der Waals surface area contributed by atoms with Crippen LogP contribution in [0.4, 0.5) is 8.78 Å². The van der Waals surface area contributed by atoms with E-state index in [4.69, 9.17) is 10.9 Å². The second-order valence-corrected chi connectivity index (χ2v) is 4.38. The second kappa shape index (κ2) is 7.42. The molecule has 0 heterocycles. The summed E-state index contributed by atoms with van der Waals surface area (Å²) in [5.74, 6) is -1.85. The maximum atomic E-state index is 13.4. The average molecular weight is 285 g/mol. The molecule has 5 nitrogen and oxygen atoms in total. The first kappa shape index (κ1) is 15.9. The zero-order valence-electron chi connectivity index (χ0n) is 11.1. The number of nitrogens with zero attached hydrogens (tertiary/aromatic N) is 1. The third-order valence-corrected chi connectivity index (χ3v) is 2.81. The molecule has 0 bridgehead atoms. The summed E-state index contributed by atoms with van der Waals surface area (Å²) in [4.78, 5) is 11.8. The van der Waals surface area contributed by atoms with Crippen LogP contribution in [0.3, 0.4) is 0 Å². The number of carbonyl (C=O) groups excluding carboxylic acids is 1. The number of amidine groups is 1. The smallest absolute Gasteiger partial charge is 0.224 e. The molecule has 0 aliphatic heterocycles. The molecule has 1 unspecified atom stereocenters. The summed E-state index contributed by atoms with van der Waals surface area (Å²) in [6, 6.07) is 2.76. The van der Waals surface area contributed by atoms with Crippen molar-refractivity contribution in [1.29, 1.82) is 0 Å². The molecule has 1 rings (SSSR count). The molecule has 110 valence electrons. The highest BCUT2D eigenvalue weighted by Crippen LogP contribution is 2.10. The van der Waals surface area contributed by atoms with Crippen molar-refractivity contribution >= 4 is 11.7 Å². The zero-order chi connectivity index (χ0) is 15.1. The van der Waals surface area contributed by atoms with Gasteiger partial charge in [0.1, 0.15) is 17.5 Å². The molecule has 1 aromatic rings. The van der Waals surface area contributed by atoms with Crippen LogP contribution in [-0.4, -0.2) is 23.0 Å². The normalized spacial score (nSPS) is 13.1. The van der Waals surface area contributed by atoms with Gasteiger partial charge in [0.15, 0.2) is 0 Å². The van der Waals surface area contributed by atoms with Crippen molar-refractivity contribution in [1.82, 2.24) is 5.32 Å². The molecule has 0 radical (unpaired) electrons. The lowest BCUT2D eigenvalue weighted by Gasteiger charge is -2.16. The molecule has 1 atom stereocenters. The molecule has 0 aliphatic carbocycles. The van der Waals surface area contributed by atoms with Gasteiger partial charge in [-0.3, -0.25) is 4.79 Å². The minimum atomic E-state index is -0.760. The van der Waals surface area contributed by atoms with Crippen LogP contribution in [0, 0.1) is 11.6 Å². The van der Waals surface area contributed by atoms with Gasteiger partial charge in [0.05, 0.1) is 6.42 Å². The summed E-state index contributed by atoms with van der Waals surface area (Å²) in [5, 5.41) is 14.0. The molecule has 0 saturated heterocycles. The Morgan fingerprint density at radius 2 is 2.20 bits per heavy atom. The Labute approximate surface area is 115 Å². The number of nitrogens with two attached hydrogens (primary N) is 1. The lowest BCUT2D eigenvalue weighted by atomic mass is 10.1. The molecular weight excluding hydrogens is 268 g/mol. The monoisotopic (exact) mass is 285 g/mol. The van der Waals surface area contributed by atoms with Crippen molar-refractivity contribution in [2.75, 3.05) is 0 Å². The lowest BCUT2D eigenvalue weighted by Crippen LogP contribution is -2.38. The number of oxime groups is 1. The standard InChI is InChI=1S/C13H17F2N3O2/c1-2-10(7-12(16)18-20)17-13(19)5-8-3-4-9(14)6-11(8)15/h3-4,6,10,20H,2,5,7H2,1H3,(H2,16,18)(H,17,19). The number of halogens is 2. The fourth-order valence-corrected chi connectivity index (χ4v) is 1.71. The van der Waals surface area contributed by atoms with E-state index >= 15 is 0 Å². The largest absolute Gasteiger partial charge is 0.409 e. The molecule has 0 spiro atoms. The van der Waals surface area contributed by atoms with Crippen LogP contribution in [0.15, 0.2) is 23.4 Å². The summed E-state index contributed by atoms with van der Waals surface area (Å²) in [5.41, 5.74) is 5.48. The Morgan fingerprint density at radius 1 is 1.50 bits per heavy atom. The molecule has 1 aromatic carbocycles. The van der Waals surface area contributed by atoms with E-state index in [0.717, 1.165) is 12.1 Å². The first-order chi connectivity index (χ1) is 9.46. The quantitative estimate of drug-likeness (QED) is 0.320. The van der Waals surface area contributed by atoms with Gasteiger partial charge in [-0.25, -0.2) is 8.78 Å². The minimum Gasteiger partial charge on any atom is -0.409 e. The zero-order valence-corrected chi connectivity index (χ0v) is 11.1.